The lowest BCUT2D eigenvalue weighted by atomic mass is 10.1. The van der Waals surface area contributed by atoms with E-state index in [9.17, 15) is 13.6 Å². The van der Waals surface area contributed by atoms with Crippen LogP contribution in [0.5, 0.6) is 0 Å². The number of halogens is 4. The molecule has 1 N–H and O–H groups in total. The Morgan fingerprint density at radius 2 is 1.93 bits per heavy atom. The number of alkyl halides is 2. The molecule has 1 aromatic rings. The Morgan fingerprint density at radius 1 is 1.40 bits per heavy atom. The first-order valence-electron chi connectivity index (χ1n) is 3.84. The molecule has 0 amide bonds. The largest absolute Gasteiger partial charge is 0.477 e. The monoisotopic (exact) mass is 254 g/mol. The average Bonchev–Trinajstić information content (AvgIpc) is 2.13. The highest BCUT2D eigenvalue weighted by Gasteiger charge is 2.43. The van der Waals surface area contributed by atoms with Gasteiger partial charge in [0.1, 0.15) is 0 Å². The predicted octanol–water partition coefficient (Wildman–Crippen LogP) is 3.48. The fourth-order valence-corrected chi connectivity index (χ4v) is 1.51. The number of hydrogen-bond donors (Lipinski definition) is 1. The van der Waals surface area contributed by atoms with Gasteiger partial charge in [0.05, 0.1) is 10.6 Å². The number of hydrogen-bond acceptors (Lipinski definition) is 1. The quantitative estimate of drug-likeness (QED) is 0.878. The van der Waals surface area contributed by atoms with Gasteiger partial charge >= 0.3 is 11.9 Å². The fourth-order valence-electron chi connectivity index (χ4n) is 1.02. The Labute approximate surface area is 94.4 Å². The summed E-state index contributed by atoms with van der Waals surface area (Å²) in [6, 6.07) is 2.10. The number of benzene rings is 1. The molecule has 0 atom stereocenters. The molecule has 0 saturated carbocycles. The molecule has 0 aliphatic heterocycles. The maximum absolute atomic E-state index is 13.1. The lowest BCUT2D eigenvalue weighted by molar-refractivity contribution is -0.166. The molecule has 2 nitrogen and oxygen atoms in total. The van der Waals surface area contributed by atoms with Crippen molar-refractivity contribution in [2.75, 3.05) is 0 Å². The van der Waals surface area contributed by atoms with Crippen molar-refractivity contribution in [2.45, 2.75) is 12.8 Å². The minimum Gasteiger partial charge on any atom is -0.477 e. The van der Waals surface area contributed by atoms with Crippen molar-refractivity contribution in [3.8, 4) is 0 Å². The first kappa shape index (κ1) is 12.2. The lowest BCUT2D eigenvalue weighted by Crippen LogP contribution is -2.25. The van der Waals surface area contributed by atoms with Crippen LogP contribution in [0.25, 0.3) is 0 Å². The van der Waals surface area contributed by atoms with E-state index in [1.807, 2.05) is 0 Å². The van der Waals surface area contributed by atoms with Gasteiger partial charge in [-0.25, -0.2) is 4.79 Å². The summed E-state index contributed by atoms with van der Waals surface area (Å²) in [5, 5.41) is 8.23. The summed E-state index contributed by atoms with van der Waals surface area (Å²) in [4.78, 5) is 10.3. The van der Waals surface area contributed by atoms with E-state index in [-0.39, 0.29) is 15.6 Å². The molecule has 1 rings (SSSR count). The number of rotatable bonds is 2. The molecular weight excluding hydrogens is 249 g/mol. The molecule has 82 valence electrons. The van der Waals surface area contributed by atoms with Crippen LogP contribution in [0.3, 0.4) is 0 Å². The molecule has 0 aromatic heterocycles. The third kappa shape index (κ3) is 2.06. The second-order valence-electron chi connectivity index (χ2n) is 2.91. The predicted molar refractivity (Wildman–Crippen MR) is 52.7 cm³/mol. The van der Waals surface area contributed by atoms with Gasteiger partial charge in [-0.15, -0.1) is 0 Å². The number of carboxylic acid groups (broad SMARTS) is 1. The van der Waals surface area contributed by atoms with Crippen molar-refractivity contribution < 1.29 is 18.7 Å². The maximum atomic E-state index is 13.1. The van der Waals surface area contributed by atoms with Gasteiger partial charge in [-0.3, -0.25) is 0 Å². The second-order valence-corrected chi connectivity index (χ2v) is 3.70. The zero-order valence-corrected chi connectivity index (χ0v) is 9.03. The highest BCUT2D eigenvalue weighted by Crippen LogP contribution is 2.37. The fraction of sp³-hybridized carbons (Fsp3) is 0.222. The van der Waals surface area contributed by atoms with Crippen LogP contribution in [0, 0.1) is 6.92 Å². The topological polar surface area (TPSA) is 37.3 Å². The maximum Gasteiger partial charge on any atom is 0.379 e. The van der Waals surface area contributed by atoms with Gasteiger partial charge in [-0.05, 0) is 24.6 Å². The zero-order chi connectivity index (χ0) is 11.8. The summed E-state index contributed by atoms with van der Waals surface area (Å²) in [5.41, 5.74) is -0.518. The Hall–Kier alpha value is -0.870. The van der Waals surface area contributed by atoms with Gasteiger partial charge in [-0.1, -0.05) is 23.2 Å². The molecule has 0 aliphatic carbocycles. The molecule has 0 unspecified atom stereocenters. The Morgan fingerprint density at radius 3 is 2.40 bits per heavy atom. The highest BCUT2D eigenvalue weighted by atomic mass is 35.5. The highest BCUT2D eigenvalue weighted by molar-refractivity contribution is 6.36. The van der Waals surface area contributed by atoms with Gasteiger partial charge in [0.15, 0.2) is 0 Å². The van der Waals surface area contributed by atoms with E-state index in [0.717, 1.165) is 6.07 Å². The lowest BCUT2D eigenvalue weighted by Gasteiger charge is -2.14. The summed E-state index contributed by atoms with van der Waals surface area (Å²) < 4.78 is 26.2. The molecular formula is C9H6Cl2F2O2. The molecule has 0 spiro atoms. The minimum atomic E-state index is -4.01. The van der Waals surface area contributed by atoms with E-state index in [1.54, 1.807) is 0 Å². The molecule has 0 fully saturated rings. The van der Waals surface area contributed by atoms with Crippen LogP contribution in [0.4, 0.5) is 8.78 Å². The van der Waals surface area contributed by atoms with Crippen LogP contribution in [0.1, 0.15) is 11.1 Å². The van der Waals surface area contributed by atoms with Crippen molar-refractivity contribution in [1.29, 1.82) is 0 Å². The van der Waals surface area contributed by atoms with E-state index in [1.165, 1.54) is 13.0 Å². The van der Waals surface area contributed by atoms with E-state index >= 15 is 0 Å². The minimum absolute atomic E-state index is 0.213. The standard InChI is InChI=1S/C9H6Cl2F2O2/c1-4-6(10)3-2-5(7(4)11)9(12,13)8(14)15/h2-3H,1H3,(H,14,15). The summed E-state index contributed by atoms with van der Waals surface area (Å²) in [6.07, 6.45) is 0. The summed E-state index contributed by atoms with van der Waals surface area (Å²) >= 11 is 11.2. The molecule has 0 radical (unpaired) electrons. The summed E-state index contributed by atoms with van der Waals surface area (Å²) in [7, 11) is 0. The second kappa shape index (κ2) is 3.94. The number of carboxylic acids is 1. The zero-order valence-electron chi connectivity index (χ0n) is 7.52. The van der Waals surface area contributed by atoms with Crippen LogP contribution in [0.15, 0.2) is 12.1 Å². The van der Waals surface area contributed by atoms with Gasteiger partial charge in [0.25, 0.3) is 0 Å². The van der Waals surface area contributed by atoms with Crippen molar-refractivity contribution in [3.05, 3.63) is 33.3 Å². The normalized spacial score (nSPS) is 11.5. The van der Waals surface area contributed by atoms with Gasteiger partial charge in [-0.2, -0.15) is 8.78 Å². The molecule has 1 aromatic carbocycles. The van der Waals surface area contributed by atoms with Crippen molar-refractivity contribution in [3.63, 3.8) is 0 Å². The van der Waals surface area contributed by atoms with Crippen molar-refractivity contribution in [1.82, 2.24) is 0 Å². The summed E-state index contributed by atoms with van der Waals surface area (Å²) in [5.74, 6) is -6.25. The van der Waals surface area contributed by atoms with E-state index in [2.05, 4.69) is 0 Å². The molecule has 0 bridgehead atoms. The number of aliphatic carboxylic acids is 1. The van der Waals surface area contributed by atoms with Crippen molar-refractivity contribution in [2.24, 2.45) is 0 Å². The van der Waals surface area contributed by atoms with Gasteiger partial charge in [0.2, 0.25) is 0 Å². The van der Waals surface area contributed by atoms with Crippen LogP contribution in [-0.4, -0.2) is 11.1 Å². The molecule has 0 aliphatic rings. The van der Waals surface area contributed by atoms with Crippen LogP contribution in [-0.2, 0) is 10.7 Å². The van der Waals surface area contributed by atoms with Crippen LogP contribution in [0.2, 0.25) is 10.0 Å². The number of carbonyl (C=O) groups is 1. The van der Waals surface area contributed by atoms with Gasteiger partial charge < -0.3 is 5.11 Å². The molecule has 15 heavy (non-hydrogen) atoms. The summed E-state index contributed by atoms with van der Waals surface area (Å²) in [6.45, 7) is 1.44. The Kier molecular flexibility index (Phi) is 3.21. The first-order chi connectivity index (χ1) is 6.78. The smallest absolute Gasteiger partial charge is 0.379 e. The first-order valence-corrected chi connectivity index (χ1v) is 4.60. The van der Waals surface area contributed by atoms with E-state index in [0.29, 0.717) is 0 Å². The Bertz CT molecular complexity index is 419. The third-order valence-corrected chi connectivity index (χ3v) is 2.82. The van der Waals surface area contributed by atoms with E-state index in [4.69, 9.17) is 28.3 Å². The molecule has 0 saturated heterocycles. The van der Waals surface area contributed by atoms with Crippen molar-refractivity contribution >= 4 is 29.2 Å². The third-order valence-electron chi connectivity index (χ3n) is 1.93. The molecule has 6 heteroatoms. The molecule has 0 heterocycles. The Balaban J connectivity index is 3.40. The van der Waals surface area contributed by atoms with E-state index < -0.39 is 17.5 Å². The van der Waals surface area contributed by atoms with Crippen LogP contribution < -0.4 is 0 Å². The average molecular weight is 255 g/mol. The SMILES string of the molecule is Cc1c(Cl)ccc(C(F)(F)C(=O)O)c1Cl. The van der Waals surface area contributed by atoms with Crippen LogP contribution >= 0.6 is 23.2 Å². The van der Waals surface area contributed by atoms with Gasteiger partial charge in [0, 0.05) is 5.02 Å².